The van der Waals surface area contributed by atoms with Gasteiger partial charge in [-0.05, 0) is 6.92 Å². The molecule has 0 aromatic rings. The molecule has 2 aliphatic heterocycles. The molecule has 0 radical (unpaired) electrons. The lowest BCUT2D eigenvalue weighted by Gasteiger charge is -2.19. The Labute approximate surface area is 111 Å². The Morgan fingerprint density at radius 2 is 2.11 bits per heavy atom. The van der Waals surface area contributed by atoms with Crippen LogP contribution in [0.2, 0.25) is 0 Å². The van der Waals surface area contributed by atoms with Crippen molar-refractivity contribution in [3.8, 4) is 0 Å². The Morgan fingerprint density at radius 3 is 2.58 bits per heavy atom. The van der Waals surface area contributed by atoms with E-state index in [2.05, 4.69) is 0 Å². The first kappa shape index (κ1) is 13.8. The maximum Gasteiger partial charge on any atom is 0.339 e. The third-order valence-corrected chi connectivity index (χ3v) is 3.19. The molecular formula is C12H17NO6. The van der Waals surface area contributed by atoms with E-state index in [0.717, 1.165) is 0 Å². The second-order valence-electron chi connectivity index (χ2n) is 4.23. The summed E-state index contributed by atoms with van der Waals surface area (Å²) in [5, 5.41) is 0. The molecular weight excluding hydrogens is 254 g/mol. The average Bonchev–Trinajstić information content (AvgIpc) is 3.15. The van der Waals surface area contributed by atoms with Crippen molar-refractivity contribution in [1.29, 1.82) is 0 Å². The molecule has 0 saturated carbocycles. The van der Waals surface area contributed by atoms with Crippen LogP contribution in [0.4, 0.5) is 0 Å². The zero-order valence-electron chi connectivity index (χ0n) is 11.3. The Balaban J connectivity index is 2.35. The normalized spacial score (nSPS) is 29.8. The van der Waals surface area contributed by atoms with Crippen molar-refractivity contribution < 1.29 is 28.5 Å². The summed E-state index contributed by atoms with van der Waals surface area (Å²) >= 11 is 0. The van der Waals surface area contributed by atoms with Gasteiger partial charge in [0.1, 0.15) is 11.7 Å². The first-order chi connectivity index (χ1) is 9.06. The topological polar surface area (TPSA) is 77.6 Å². The van der Waals surface area contributed by atoms with E-state index in [0.29, 0.717) is 6.61 Å². The smallest absolute Gasteiger partial charge is 0.339 e. The van der Waals surface area contributed by atoms with E-state index < -0.39 is 18.3 Å². The molecule has 3 atom stereocenters. The van der Waals surface area contributed by atoms with Gasteiger partial charge in [0.2, 0.25) is 0 Å². The summed E-state index contributed by atoms with van der Waals surface area (Å²) in [6.07, 6.45) is -0.785. The van der Waals surface area contributed by atoms with Crippen molar-refractivity contribution in [2.75, 3.05) is 27.9 Å². The van der Waals surface area contributed by atoms with Crippen molar-refractivity contribution in [1.82, 2.24) is 4.90 Å². The van der Waals surface area contributed by atoms with Gasteiger partial charge in [-0.3, -0.25) is 4.79 Å². The monoisotopic (exact) mass is 271 g/mol. The van der Waals surface area contributed by atoms with Crippen LogP contribution in [-0.4, -0.2) is 63.1 Å². The van der Waals surface area contributed by atoms with Gasteiger partial charge in [-0.15, -0.1) is 0 Å². The second-order valence-corrected chi connectivity index (χ2v) is 4.23. The molecule has 1 amide bonds. The summed E-state index contributed by atoms with van der Waals surface area (Å²) in [7, 11) is 4.36. The van der Waals surface area contributed by atoms with Gasteiger partial charge >= 0.3 is 5.97 Å². The summed E-state index contributed by atoms with van der Waals surface area (Å²) in [5.41, 5.74) is 0.196. The number of epoxide rings is 1. The van der Waals surface area contributed by atoms with Crippen LogP contribution in [0.5, 0.6) is 0 Å². The van der Waals surface area contributed by atoms with Crippen LogP contribution >= 0.6 is 0 Å². The summed E-state index contributed by atoms with van der Waals surface area (Å²) < 4.78 is 20.4. The molecule has 3 unspecified atom stereocenters. The Morgan fingerprint density at radius 1 is 1.42 bits per heavy atom. The number of amides is 1. The van der Waals surface area contributed by atoms with Crippen LogP contribution in [0.1, 0.15) is 6.92 Å². The molecule has 0 aliphatic carbocycles. The number of methoxy groups -OCH3 is 2. The number of ether oxygens (including phenoxy) is 4. The number of likely N-dealkylation sites (N-methyl/N-ethyl adjacent to an activating group) is 1. The summed E-state index contributed by atoms with van der Waals surface area (Å²) in [6.45, 7) is 2.04. The van der Waals surface area contributed by atoms with E-state index in [1.165, 1.54) is 19.1 Å². The van der Waals surface area contributed by atoms with E-state index >= 15 is 0 Å². The number of hydrogen-bond acceptors (Lipinski definition) is 6. The van der Waals surface area contributed by atoms with E-state index in [9.17, 15) is 9.59 Å². The first-order valence-electron chi connectivity index (χ1n) is 5.97. The largest absolute Gasteiger partial charge is 0.488 e. The lowest BCUT2D eigenvalue weighted by molar-refractivity contribution is -0.136. The highest BCUT2D eigenvalue weighted by Gasteiger charge is 2.56. The molecule has 106 valence electrons. The fraction of sp³-hybridized carbons (Fsp3) is 0.667. The summed E-state index contributed by atoms with van der Waals surface area (Å²) in [4.78, 5) is 25.4. The number of carbonyl (C=O) groups is 2. The van der Waals surface area contributed by atoms with Crippen LogP contribution in [0.25, 0.3) is 0 Å². The van der Waals surface area contributed by atoms with Gasteiger partial charge in [0, 0.05) is 14.2 Å². The molecule has 2 aliphatic rings. The number of carbonyl (C=O) groups excluding carboxylic acids is 2. The average molecular weight is 271 g/mol. The lowest BCUT2D eigenvalue weighted by Crippen LogP contribution is -2.38. The molecule has 0 aromatic heterocycles. The second kappa shape index (κ2) is 5.18. The van der Waals surface area contributed by atoms with Crippen molar-refractivity contribution in [2.24, 2.45) is 0 Å². The number of esters is 1. The predicted molar refractivity (Wildman–Crippen MR) is 62.9 cm³/mol. The van der Waals surface area contributed by atoms with E-state index in [-0.39, 0.29) is 23.3 Å². The Bertz CT molecular complexity index is 432. The standard InChI is InChI=1S/C12H17NO6/c1-5-18-8-6(11(15)16-3)7(13(2)10(8)14)9-12(17-4)19-9/h7,9,12H,5H2,1-4H3. The Kier molecular flexibility index (Phi) is 3.77. The highest BCUT2D eigenvalue weighted by molar-refractivity contribution is 6.06. The maximum absolute atomic E-state index is 12.1. The van der Waals surface area contributed by atoms with Crippen LogP contribution < -0.4 is 0 Å². The van der Waals surface area contributed by atoms with Crippen LogP contribution in [0.3, 0.4) is 0 Å². The molecule has 1 saturated heterocycles. The van der Waals surface area contributed by atoms with Crippen molar-refractivity contribution in [3.05, 3.63) is 11.3 Å². The fourth-order valence-corrected chi connectivity index (χ4v) is 2.24. The molecule has 0 bridgehead atoms. The predicted octanol–water partition coefficient (Wildman–Crippen LogP) is -0.338. The van der Waals surface area contributed by atoms with Gasteiger partial charge in [-0.25, -0.2) is 4.79 Å². The SMILES string of the molecule is CCOC1=C(C(=O)OC)C(C2OC2OC)N(C)C1=O. The van der Waals surface area contributed by atoms with Crippen molar-refractivity contribution in [3.63, 3.8) is 0 Å². The fourth-order valence-electron chi connectivity index (χ4n) is 2.24. The van der Waals surface area contributed by atoms with Gasteiger partial charge in [-0.1, -0.05) is 0 Å². The molecule has 1 fully saturated rings. The first-order valence-corrected chi connectivity index (χ1v) is 5.97. The van der Waals surface area contributed by atoms with Gasteiger partial charge in [0.25, 0.3) is 5.91 Å². The molecule has 0 spiro atoms. The quantitative estimate of drug-likeness (QED) is 0.503. The number of rotatable bonds is 5. The molecule has 7 nitrogen and oxygen atoms in total. The third-order valence-electron chi connectivity index (χ3n) is 3.19. The molecule has 2 rings (SSSR count). The zero-order chi connectivity index (χ0) is 14.2. The van der Waals surface area contributed by atoms with Gasteiger partial charge in [-0.2, -0.15) is 0 Å². The van der Waals surface area contributed by atoms with E-state index in [1.54, 1.807) is 14.0 Å². The molecule has 2 heterocycles. The molecule has 0 aromatic carbocycles. The van der Waals surface area contributed by atoms with Gasteiger partial charge < -0.3 is 23.8 Å². The number of hydrogen-bond donors (Lipinski definition) is 0. The van der Waals surface area contributed by atoms with Gasteiger partial charge in [0.05, 0.1) is 19.8 Å². The van der Waals surface area contributed by atoms with Crippen LogP contribution in [0.15, 0.2) is 11.3 Å². The molecule has 0 N–H and O–H groups in total. The summed E-state index contributed by atoms with van der Waals surface area (Å²) in [6, 6.07) is -0.536. The minimum Gasteiger partial charge on any atom is -0.488 e. The van der Waals surface area contributed by atoms with Crippen molar-refractivity contribution in [2.45, 2.75) is 25.4 Å². The van der Waals surface area contributed by atoms with Crippen LogP contribution in [0, 0.1) is 0 Å². The van der Waals surface area contributed by atoms with Crippen molar-refractivity contribution >= 4 is 11.9 Å². The third kappa shape index (κ3) is 2.19. The highest BCUT2D eigenvalue weighted by atomic mass is 16.8. The van der Waals surface area contributed by atoms with Gasteiger partial charge in [0.15, 0.2) is 12.0 Å². The van der Waals surface area contributed by atoms with E-state index in [1.807, 2.05) is 0 Å². The highest BCUT2D eigenvalue weighted by Crippen LogP contribution is 2.38. The lowest BCUT2D eigenvalue weighted by atomic mass is 10.1. The minimum atomic E-state index is -0.587. The summed E-state index contributed by atoms with van der Waals surface area (Å²) in [5.74, 6) is -0.902. The molecule has 19 heavy (non-hydrogen) atoms. The molecule has 7 heteroatoms. The zero-order valence-corrected chi connectivity index (χ0v) is 11.3. The minimum absolute atomic E-state index is 0.0344. The van der Waals surface area contributed by atoms with E-state index in [4.69, 9.17) is 18.9 Å². The maximum atomic E-state index is 12.1. The Hall–Kier alpha value is -1.60. The number of nitrogens with zero attached hydrogens (tertiary/aromatic N) is 1. The van der Waals surface area contributed by atoms with Crippen LogP contribution in [-0.2, 0) is 28.5 Å².